The maximum absolute atomic E-state index is 12.2. The molecule has 1 aromatic heterocycles. The van der Waals surface area contributed by atoms with Gasteiger partial charge in [0.15, 0.2) is 6.61 Å². The molecule has 0 atom stereocenters. The number of benzene rings is 2. The first-order valence-electron chi connectivity index (χ1n) is 10.2. The lowest BCUT2D eigenvalue weighted by molar-refractivity contribution is -0.124. The van der Waals surface area contributed by atoms with Gasteiger partial charge >= 0.3 is 0 Å². The van der Waals surface area contributed by atoms with Gasteiger partial charge in [-0.05, 0) is 55.3 Å². The van der Waals surface area contributed by atoms with Gasteiger partial charge in [0.2, 0.25) is 5.82 Å². The van der Waals surface area contributed by atoms with E-state index in [-0.39, 0.29) is 18.6 Å². The van der Waals surface area contributed by atoms with Crippen LogP contribution in [0.15, 0.2) is 53.1 Å². The first kappa shape index (κ1) is 19.9. The molecule has 0 bridgehead atoms. The topological polar surface area (TPSA) is 86.5 Å². The van der Waals surface area contributed by atoms with Crippen molar-refractivity contribution in [3.63, 3.8) is 0 Å². The Labute approximate surface area is 175 Å². The highest BCUT2D eigenvalue weighted by atomic mass is 16.5. The van der Waals surface area contributed by atoms with Crippen LogP contribution < -0.4 is 14.8 Å². The SMILES string of the molecule is COc1ccc(-c2noc(-c3cccc(OCC(=O)NC4CCCCC4)c3)n2)cc1. The second-order valence-electron chi connectivity index (χ2n) is 7.37. The van der Waals surface area contributed by atoms with E-state index >= 15 is 0 Å². The van der Waals surface area contributed by atoms with Crippen LogP contribution >= 0.6 is 0 Å². The van der Waals surface area contributed by atoms with Gasteiger partial charge in [0.05, 0.1) is 7.11 Å². The number of amides is 1. The van der Waals surface area contributed by atoms with Crippen molar-refractivity contribution in [3.05, 3.63) is 48.5 Å². The average Bonchev–Trinajstić information content (AvgIpc) is 3.29. The van der Waals surface area contributed by atoms with Gasteiger partial charge in [0.25, 0.3) is 11.8 Å². The molecular weight excluding hydrogens is 382 g/mol. The van der Waals surface area contributed by atoms with Crippen molar-refractivity contribution >= 4 is 5.91 Å². The van der Waals surface area contributed by atoms with E-state index in [4.69, 9.17) is 14.0 Å². The molecule has 4 rings (SSSR count). The zero-order chi connectivity index (χ0) is 20.8. The predicted octanol–water partition coefficient (Wildman–Crippen LogP) is 4.24. The van der Waals surface area contributed by atoms with Gasteiger partial charge in [0, 0.05) is 17.2 Å². The minimum atomic E-state index is -0.0908. The fourth-order valence-electron chi connectivity index (χ4n) is 3.58. The van der Waals surface area contributed by atoms with Crippen molar-refractivity contribution in [1.29, 1.82) is 0 Å². The molecule has 156 valence electrons. The number of nitrogens with zero attached hydrogens (tertiary/aromatic N) is 2. The normalized spacial score (nSPS) is 14.3. The summed E-state index contributed by atoms with van der Waals surface area (Å²) in [6, 6.07) is 15.0. The lowest BCUT2D eigenvalue weighted by Crippen LogP contribution is -2.38. The van der Waals surface area contributed by atoms with Crippen molar-refractivity contribution in [2.45, 2.75) is 38.1 Å². The van der Waals surface area contributed by atoms with E-state index in [0.29, 0.717) is 17.5 Å². The molecule has 0 radical (unpaired) electrons. The van der Waals surface area contributed by atoms with Gasteiger partial charge in [-0.1, -0.05) is 30.5 Å². The molecule has 1 heterocycles. The third-order valence-corrected chi connectivity index (χ3v) is 5.20. The van der Waals surface area contributed by atoms with Gasteiger partial charge in [-0.25, -0.2) is 0 Å². The number of rotatable bonds is 7. The predicted molar refractivity (Wildman–Crippen MR) is 112 cm³/mol. The van der Waals surface area contributed by atoms with E-state index in [1.54, 1.807) is 19.2 Å². The van der Waals surface area contributed by atoms with Crippen molar-refractivity contribution in [1.82, 2.24) is 15.5 Å². The summed E-state index contributed by atoms with van der Waals surface area (Å²) in [5.74, 6) is 2.13. The average molecular weight is 407 g/mol. The second-order valence-corrected chi connectivity index (χ2v) is 7.37. The van der Waals surface area contributed by atoms with E-state index in [1.807, 2.05) is 36.4 Å². The summed E-state index contributed by atoms with van der Waals surface area (Å²) >= 11 is 0. The van der Waals surface area contributed by atoms with Crippen molar-refractivity contribution in [2.24, 2.45) is 0 Å². The highest BCUT2D eigenvalue weighted by Crippen LogP contribution is 2.26. The Kier molecular flexibility index (Phi) is 6.27. The number of methoxy groups -OCH3 is 1. The molecule has 2 aromatic carbocycles. The summed E-state index contributed by atoms with van der Waals surface area (Å²) < 4.78 is 16.3. The van der Waals surface area contributed by atoms with E-state index in [1.165, 1.54) is 19.3 Å². The molecule has 1 aliphatic rings. The zero-order valence-corrected chi connectivity index (χ0v) is 17.0. The third-order valence-electron chi connectivity index (χ3n) is 5.20. The summed E-state index contributed by atoms with van der Waals surface area (Å²) in [7, 11) is 1.62. The largest absolute Gasteiger partial charge is 0.497 e. The summed E-state index contributed by atoms with van der Waals surface area (Å²) in [5, 5.41) is 7.11. The number of ether oxygens (including phenoxy) is 2. The quantitative estimate of drug-likeness (QED) is 0.630. The molecule has 1 fully saturated rings. The van der Waals surface area contributed by atoms with Gasteiger partial charge in [-0.2, -0.15) is 4.98 Å². The number of aromatic nitrogens is 2. The number of hydrogen-bond donors (Lipinski definition) is 1. The van der Waals surface area contributed by atoms with E-state index < -0.39 is 0 Å². The summed E-state index contributed by atoms with van der Waals surface area (Å²) in [6.07, 6.45) is 5.71. The van der Waals surface area contributed by atoms with E-state index in [9.17, 15) is 4.79 Å². The molecule has 1 N–H and O–H groups in total. The molecule has 0 spiro atoms. The fourth-order valence-corrected chi connectivity index (χ4v) is 3.58. The van der Waals surface area contributed by atoms with Crippen LogP contribution in [-0.4, -0.2) is 35.8 Å². The van der Waals surface area contributed by atoms with Crippen molar-refractivity contribution < 1.29 is 18.8 Å². The molecule has 0 unspecified atom stereocenters. The number of hydrogen-bond acceptors (Lipinski definition) is 6. The van der Waals surface area contributed by atoms with E-state index in [0.717, 1.165) is 29.7 Å². The molecule has 7 nitrogen and oxygen atoms in total. The molecular formula is C23H25N3O4. The van der Waals surface area contributed by atoms with Gasteiger partial charge < -0.3 is 19.3 Å². The Balaban J connectivity index is 1.38. The molecule has 7 heteroatoms. The highest BCUT2D eigenvalue weighted by molar-refractivity contribution is 5.78. The zero-order valence-electron chi connectivity index (χ0n) is 17.0. The summed E-state index contributed by atoms with van der Waals surface area (Å²) in [5.41, 5.74) is 1.56. The van der Waals surface area contributed by atoms with Crippen LogP contribution in [0, 0.1) is 0 Å². The summed E-state index contributed by atoms with van der Waals surface area (Å²) in [6.45, 7) is -0.0130. The Morgan fingerprint density at radius 1 is 1.07 bits per heavy atom. The summed E-state index contributed by atoms with van der Waals surface area (Å²) in [4.78, 5) is 16.6. The Morgan fingerprint density at radius 3 is 2.63 bits per heavy atom. The highest BCUT2D eigenvalue weighted by Gasteiger charge is 2.16. The van der Waals surface area contributed by atoms with Crippen LogP contribution in [0.5, 0.6) is 11.5 Å². The smallest absolute Gasteiger partial charge is 0.258 e. The Bertz CT molecular complexity index is 978. The van der Waals surface area contributed by atoms with Gasteiger partial charge in [-0.15, -0.1) is 0 Å². The maximum Gasteiger partial charge on any atom is 0.258 e. The standard InChI is InChI=1S/C23H25N3O4/c1-28-19-12-10-16(11-13-19)22-25-23(30-26-22)17-6-5-9-20(14-17)29-15-21(27)24-18-7-3-2-4-8-18/h5-6,9-14,18H,2-4,7-8,15H2,1H3,(H,24,27). The fraction of sp³-hybridized carbons (Fsp3) is 0.348. The minimum absolute atomic E-state index is 0.0130. The van der Waals surface area contributed by atoms with Crippen LogP contribution in [0.1, 0.15) is 32.1 Å². The first-order chi connectivity index (χ1) is 14.7. The number of nitrogens with one attached hydrogen (secondary N) is 1. The van der Waals surface area contributed by atoms with Crippen LogP contribution in [0.25, 0.3) is 22.8 Å². The number of carbonyl (C=O) groups excluding carboxylic acids is 1. The monoisotopic (exact) mass is 407 g/mol. The second kappa shape index (κ2) is 9.43. The Morgan fingerprint density at radius 2 is 1.87 bits per heavy atom. The molecule has 30 heavy (non-hydrogen) atoms. The van der Waals surface area contributed by atoms with Crippen LogP contribution in [0.2, 0.25) is 0 Å². The lowest BCUT2D eigenvalue weighted by Gasteiger charge is -2.22. The molecule has 1 aliphatic carbocycles. The van der Waals surface area contributed by atoms with Crippen molar-refractivity contribution in [2.75, 3.05) is 13.7 Å². The third kappa shape index (κ3) is 4.97. The lowest BCUT2D eigenvalue weighted by atomic mass is 9.95. The van der Waals surface area contributed by atoms with Gasteiger partial charge in [-0.3, -0.25) is 4.79 Å². The maximum atomic E-state index is 12.2. The molecule has 0 saturated heterocycles. The van der Waals surface area contributed by atoms with Crippen LogP contribution in [-0.2, 0) is 4.79 Å². The van der Waals surface area contributed by atoms with E-state index in [2.05, 4.69) is 15.5 Å². The molecule has 3 aromatic rings. The van der Waals surface area contributed by atoms with Gasteiger partial charge in [0.1, 0.15) is 11.5 Å². The molecule has 0 aliphatic heterocycles. The molecule has 1 saturated carbocycles. The van der Waals surface area contributed by atoms with Crippen LogP contribution in [0.3, 0.4) is 0 Å². The number of carbonyl (C=O) groups is 1. The Hall–Kier alpha value is -3.35. The van der Waals surface area contributed by atoms with Crippen LogP contribution in [0.4, 0.5) is 0 Å². The minimum Gasteiger partial charge on any atom is -0.497 e. The molecule has 1 amide bonds. The first-order valence-corrected chi connectivity index (χ1v) is 10.2. The van der Waals surface area contributed by atoms with Crippen molar-refractivity contribution in [3.8, 4) is 34.3 Å².